The minimum absolute atomic E-state index is 0.188. The van der Waals surface area contributed by atoms with Crippen molar-refractivity contribution in [2.24, 2.45) is 5.92 Å². The van der Waals surface area contributed by atoms with Crippen LogP contribution >= 0.6 is 0 Å². The summed E-state index contributed by atoms with van der Waals surface area (Å²) in [5, 5.41) is 14.0. The van der Waals surface area contributed by atoms with Crippen LogP contribution in [0.1, 0.15) is 26.7 Å². The lowest BCUT2D eigenvalue weighted by Gasteiger charge is -2.26. The Morgan fingerprint density at radius 2 is 1.95 bits per heavy atom. The van der Waals surface area contributed by atoms with Crippen molar-refractivity contribution in [1.29, 1.82) is 0 Å². The zero-order chi connectivity index (χ0) is 14.6. The number of likely N-dealkylation sites (N-methyl/N-ethyl adjacent to an activating group) is 1. The van der Waals surface area contributed by atoms with Gasteiger partial charge in [-0.05, 0) is 26.7 Å². The van der Waals surface area contributed by atoms with Crippen LogP contribution in [0.4, 0.5) is 4.79 Å². The molecule has 0 aromatic carbocycles. The van der Waals surface area contributed by atoms with Gasteiger partial charge in [0, 0.05) is 19.6 Å². The average molecular weight is 271 g/mol. The Kier molecular flexibility index (Phi) is 5.14. The molecule has 1 fully saturated rings. The molecule has 0 radical (unpaired) electrons. The van der Waals surface area contributed by atoms with Crippen LogP contribution in [0.25, 0.3) is 0 Å². The first-order valence-electron chi connectivity index (χ1n) is 6.40. The van der Waals surface area contributed by atoms with Crippen LogP contribution in [-0.4, -0.2) is 53.6 Å². The summed E-state index contributed by atoms with van der Waals surface area (Å²) in [5.41, 5.74) is 0. The number of nitrogens with one attached hydrogen (secondary N) is 2. The molecule has 1 heterocycles. The summed E-state index contributed by atoms with van der Waals surface area (Å²) in [6, 6.07) is -1.33. The van der Waals surface area contributed by atoms with E-state index >= 15 is 0 Å². The molecule has 19 heavy (non-hydrogen) atoms. The lowest BCUT2D eigenvalue weighted by atomic mass is 10.0. The van der Waals surface area contributed by atoms with Crippen molar-refractivity contribution in [3.8, 4) is 0 Å². The number of carboxylic acids is 1. The molecule has 1 rings (SSSR count). The predicted octanol–water partition coefficient (Wildman–Crippen LogP) is 0.0156. The largest absolute Gasteiger partial charge is 0.481 e. The molecule has 1 aliphatic rings. The van der Waals surface area contributed by atoms with E-state index in [4.69, 9.17) is 5.11 Å². The Labute approximate surface area is 112 Å². The van der Waals surface area contributed by atoms with Gasteiger partial charge in [0.25, 0.3) is 0 Å². The van der Waals surface area contributed by atoms with Crippen LogP contribution in [0.3, 0.4) is 0 Å². The Hall–Kier alpha value is -1.79. The standard InChI is InChI=1S/C12H21N3O4/c1-7(11(17)18)8(2)14-12(19)15-6-4-5-9(15)10(16)13-3/h7-9H,4-6H2,1-3H3,(H,13,16)(H,14,19)(H,17,18). The molecule has 3 unspecified atom stereocenters. The molecule has 0 saturated carbocycles. The quantitative estimate of drug-likeness (QED) is 0.671. The van der Waals surface area contributed by atoms with E-state index in [1.807, 2.05) is 0 Å². The van der Waals surface area contributed by atoms with Crippen LogP contribution in [0.2, 0.25) is 0 Å². The van der Waals surface area contributed by atoms with Gasteiger partial charge in [-0.1, -0.05) is 0 Å². The van der Waals surface area contributed by atoms with Gasteiger partial charge in [0.05, 0.1) is 5.92 Å². The summed E-state index contributed by atoms with van der Waals surface area (Å²) < 4.78 is 0. The number of likely N-dealkylation sites (tertiary alicyclic amines) is 1. The van der Waals surface area contributed by atoms with E-state index in [9.17, 15) is 14.4 Å². The van der Waals surface area contributed by atoms with E-state index in [1.54, 1.807) is 6.92 Å². The summed E-state index contributed by atoms with van der Waals surface area (Å²) in [4.78, 5) is 36.0. The van der Waals surface area contributed by atoms with E-state index < -0.39 is 24.0 Å². The van der Waals surface area contributed by atoms with Crippen LogP contribution in [0.5, 0.6) is 0 Å². The van der Waals surface area contributed by atoms with Crippen molar-refractivity contribution in [1.82, 2.24) is 15.5 Å². The Morgan fingerprint density at radius 3 is 2.47 bits per heavy atom. The van der Waals surface area contributed by atoms with Crippen molar-refractivity contribution in [3.05, 3.63) is 0 Å². The minimum atomic E-state index is -0.961. The van der Waals surface area contributed by atoms with E-state index in [2.05, 4.69) is 10.6 Å². The first-order chi connectivity index (χ1) is 8.88. The smallest absolute Gasteiger partial charge is 0.318 e. The third-order valence-electron chi connectivity index (χ3n) is 3.55. The number of nitrogens with zero attached hydrogens (tertiary/aromatic N) is 1. The molecule has 3 atom stereocenters. The minimum Gasteiger partial charge on any atom is -0.481 e. The highest BCUT2D eigenvalue weighted by Crippen LogP contribution is 2.17. The lowest BCUT2D eigenvalue weighted by Crippen LogP contribution is -2.52. The summed E-state index contributed by atoms with van der Waals surface area (Å²) in [5.74, 6) is -1.83. The Bertz CT molecular complexity index is 372. The van der Waals surface area contributed by atoms with Gasteiger partial charge in [0.2, 0.25) is 5.91 Å². The first-order valence-corrected chi connectivity index (χ1v) is 6.40. The number of hydrogen-bond donors (Lipinski definition) is 3. The second-order valence-corrected chi connectivity index (χ2v) is 4.83. The average Bonchev–Trinajstić information content (AvgIpc) is 2.85. The summed E-state index contributed by atoms with van der Waals surface area (Å²) in [6.07, 6.45) is 1.41. The summed E-state index contributed by atoms with van der Waals surface area (Å²) in [6.45, 7) is 3.69. The molecule has 0 spiro atoms. The van der Waals surface area contributed by atoms with Gasteiger partial charge in [-0.2, -0.15) is 0 Å². The summed E-state index contributed by atoms with van der Waals surface area (Å²) in [7, 11) is 1.53. The molecule has 7 heteroatoms. The van der Waals surface area contributed by atoms with Crippen LogP contribution in [0, 0.1) is 5.92 Å². The third kappa shape index (κ3) is 3.59. The van der Waals surface area contributed by atoms with Crippen molar-refractivity contribution < 1.29 is 19.5 Å². The second-order valence-electron chi connectivity index (χ2n) is 4.83. The third-order valence-corrected chi connectivity index (χ3v) is 3.55. The second kappa shape index (κ2) is 6.40. The van der Waals surface area contributed by atoms with E-state index in [-0.39, 0.29) is 11.9 Å². The van der Waals surface area contributed by atoms with Crippen molar-refractivity contribution >= 4 is 17.9 Å². The molecule has 1 aliphatic heterocycles. The number of aliphatic carboxylic acids is 1. The molecule has 7 nitrogen and oxygen atoms in total. The zero-order valence-electron chi connectivity index (χ0n) is 11.5. The van der Waals surface area contributed by atoms with Gasteiger partial charge >= 0.3 is 12.0 Å². The van der Waals surface area contributed by atoms with Crippen LogP contribution < -0.4 is 10.6 Å². The Balaban J connectivity index is 2.62. The predicted molar refractivity (Wildman–Crippen MR) is 68.6 cm³/mol. The van der Waals surface area contributed by atoms with Crippen molar-refractivity contribution in [2.45, 2.75) is 38.8 Å². The van der Waals surface area contributed by atoms with E-state index in [0.29, 0.717) is 13.0 Å². The SMILES string of the molecule is CNC(=O)C1CCCN1C(=O)NC(C)C(C)C(=O)O. The van der Waals surface area contributed by atoms with Crippen LogP contribution in [0.15, 0.2) is 0 Å². The maximum atomic E-state index is 12.1. The van der Waals surface area contributed by atoms with Gasteiger partial charge in [-0.25, -0.2) is 4.79 Å². The number of amides is 3. The molecule has 1 saturated heterocycles. The fourth-order valence-electron chi connectivity index (χ4n) is 2.07. The molecule has 0 bridgehead atoms. The van der Waals surface area contributed by atoms with Gasteiger partial charge in [-0.3, -0.25) is 9.59 Å². The van der Waals surface area contributed by atoms with Gasteiger partial charge in [0.1, 0.15) is 6.04 Å². The molecule has 0 aromatic heterocycles. The molecular weight excluding hydrogens is 250 g/mol. The zero-order valence-corrected chi connectivity index (χ0v) is 11.5. The highest BCUT2D eigenvalue weighted by Gasteiger charge is 2.34. The maximum Gasteiger partial charge on any atom is 0.318 e. The highest BCUT2D eigenvalue weighted by molar-refractivity contribution is 5.87. The first kappa shape index (κ1) is 15.3. The van der Waals surface area contributed by atoms with Crippen molar-refractivity contribution in [3.63, 3.8) is 0 Å². The van der Waals surface area contributed by atoms with Gasteiger partial charge < -0.3 is 20.6 Å². The molecule has 108 valence electrons. The monoisotopic (exact) mass is 271 g/mol. The molecule has 0 aliphatic carbocycles. The molecule has 3 amide bonds. The van der Waals surface area contributed by atoms with E-state index in [1.165, 1.54) is 18.9 Å². The maximum absolute atomic E-state index is 12.1. The van der Waals surface area contributed by atoms with Gasteiger partial charge in [0.15, 0.2) is 0 Å². The molecular formula is C12H21N3O4. The van der Waals surface area contributed by atoms with Gasteiger partial charge in [-0.15, -0.1) is 0 Å². The number of urea groups is 1. The fourth-order valence-corrected chi connectivity index (χ4v) is 2.07. The number of carbonyl (C=O) groups is 3. The Morgan fingerprint density at radius 1 is 1.32 bits per heavy atom. The number of carboxylic acid groups (broad SMARTS) is 1. The fraction of sp³-hybridized carbons (Fsp3) is 0.750. The number of rotatable bonds is 4. The normalized spacial score (nSPS) is 21.6. The van der Waals surface area contributed by atoms with E-state index in [0.717, 1.165) is 6.42 Å². The summed E-state index contributed by atoms with van der Waals surface area (Å²) >= 11 is 0. The molecule has 3 N–H and O–H groups in total. The van der Waals surface area contributed by atoms with Crippen LogP contribution in [-0.2, 0) is 9.59 Å². The number of carbonyl (C=O) groups excluding carboxylic acids is 2. The van der Waals surface area contributed by atoms with Crippen molar-refractivity contribution in [2.75, 3.05) is 13.6 Å². The topological polar surface area (TPSA) is 98.7 Å². The lowest BCUT2D eigenvalue weighted by molar-refractivity contribution is -0.141. The number of hydrogen-bond acceptors (Lipinski definition) is 3. The molecule has 0 aromatic rings. The highest BCUT2D eigenvalue weighted by atomic mass is 16.4.